The Bertz CT molecular complexity index is 329. The lowest BCUT2D eigenvalue weighted by Gasteiger charge is -1.91. The molecule has 0 N–H and O–H groups in total. The van der Waals surface area contributed by atoms with Crippen LogP contribution in [-0.2, 0) is 6.42 Å². The van der Waals surface area contributed by atoms with E-state index < -0.39 is 0 Å². The van der Waals surface area contributed by atoms with E-state index in [0.29, 0.717) is 5.92 Å². The maximum absolute atomic E-state index is 4.54. The minimum absolute atomic E-state index is 0.534. The molecule has 0 saturated heterocycles. The van der Waals surface area contributed by atoms with E-state index in [1.165, 1.54) is 9.88 Å². The first-order valence-corrected chi connectivity index (χ1v) is 5.47. The van der Waals surface area contributed by atoms with Crippen LogP contribution >= 0.6 is 11.3 Å². The minimum Gasteiger partial charge on any atom is -0.241 e. The van der Waals surface area contributed by atoms with Crippen LogP contribution in [0.4, 0.5) is 0 Å². The number of hydrogen-bond donors (Lipinski definition) is 0. The molecule has 0 saturated carbocycles. The van der Waals surface area contributed by atoms with Gasteiger partial charge in [-0.3, -0.25) is 0 Å². The van der Waals surface area contributed by atoms with Crippen LogP contribution < -0.4 is 0 Å². The highest BCUT2D eigenvalue weighted by atomic mass is 32.1. The van der Waals surface area contributed by atoms with Crippen molar-refractivity contribution in [3.05, 3.63) is 27.7 Å². The van der Waals surface area contributed by atoms with Gasteiger partial charge in [0.15, 0.2) is 0 Å². The molecule has 1 heterocycles. The van der Waals surface area contributed by atoms with Gasteiger partial charge < -0.3 is 0 Å². The molecule has 2 rings (SSSR count). The van der Waals surface area contributed by atoms with E-state index in [2.05, 4.69) is 43.1 Å². The molecule has 0 fully saturated rings. The summed E-state index contributed by atoms with van der Waals surface area (Å²) in [5.41, 5.74) is 1.14. The lowest BCUT2D eigenvalue weighted by Crippen LogP contribution is -1.79. The monoisotopic (exact) mass is 191 g/mol. The van der Waals surface area contributed by atoms with Crippen LogP contribution in [0.2, 0.25) is 0 Å². The number of allylic oxidation sites excluding steroid dienone is 2. The summed E-state index contributed by atoms with van der Waals surface area (Å²) >= 11 is 1.80. The van der Waals surface area contributed by atoms with E-state index in [-0.39, 0.29) is 0 Å². The number of hydrogen-bond acceptors (Lipinski definition) is 2. The summed E-state index contributed by atoms with van der Waals surface area (Å²) in [6.07, 6.45) is 9.78. The first kappa shape index (κ1) is 8.70. The van der Waals surface area contributed by atoms with Crippen LogP contribution in [-0.4, -0.2) is 4.98 Å². The highest BCUT2D eigenvalue weighted by Gasteiger charge is 2.07. The van der Waals surface area contributed by atoms with Crippen molar-refractivity contribution in [2.24, 2.45) is 5.92 Å². The second-order valence-corrected chi connectivity index (χ2v) is 4.40. The lowest BCUT2D eigenvalue weighted by molar-refractivity contribution is 0.953. The van der Waals surface area contributed by atoms with Gasteiger partial charge in [-0.1, -0.05) is 26.0 Å². The summed E-state index contributed by atoms with van der Waals surface area (Å²) in [7, 11) is 0. The Morgan fingerprint density at radius 3 is 2.92 bits per heavy atom. The molecule has 1 aliphatic rings. The molecule has 1 aromatic heterocycles. The second-order valence-electron chi connectivity index (χ2n) is 3.29. The van der Waals surface area contributed by atoms with Gasteiger partial charge >= 0.3 is 0 Å². The van der Waals surface area contributed by atoms with E-state index >= 15 is 0 Å². The first-order valence-electron chi connectivity index (χ1n) is 4.65. The van der Waals surface area contributed by atoms with E-state index in [1.807, 2.05) is 0 Å². The van der Waals surface area contributed by atoms with Gasteiger partial charge in [0.25, 0.3) is 0 Å². The third-order valence-electron chi connectivity index (χ3n) is 2.14. The Labute approximate surface area is 82.8 Å². The maximum Gasteiger partial charge on any atom is 0.0935 e. The van der Waals surface area contributed by atoms with E-state index in [1.54, 1.807) is 11.3 Å². The van der Waals surface area contributed by atoms with E-state index in [0.717, 1.165) is 12.1 Å². The fraction of sp³-hybridized carbons (Fsp3) is 0.364. The van der Waals surface area contributed by atoms with Gasteiger partial charge in [-0.2, -0.15) is 0 Å². The molecule has 1 atom stereocenters. The third-order valence-corrected chi connectivity index (χ3v) is 3.32. The van der Waals surface area contributed by atoms with Crippen LogP contribution in [0.25, 0.3) is 12.2 Å². The Morgan fingerprint density at radius 2 is 2.15 bits per heavy atom. The smallest absolute Gasteiger partial charge is 0.0935 e. The average Bonchev–Trinajstić information content (AvgIpc) is 2.47. The molecule has 68 valence electrons. The molecule has 1 unspecified atom stereocenters. The van der Waals surface area contributed by atoms with Gasteiger partial charge in [0.1, 0.15) is 0 Å². The molecule has 0 radical (unpaired) electrons. The predicted molar refractivity (Wildman–Crippen MR) is 58.7 cm³/mol. The fourth-order valence-corrected chi connectivity index (χ4v) is 2.23. The molecule has 0 aromatic carbocycles. The normalized spacial score (nSPS) is 20.0. The molecule has 0 aliphatic heterocycles. The van der Waals surface area contributed by atoms with Crippen molar-refractivity contribution in [2.75, 3.05) is 0 Å². The second kappa shape index (κ2) is 3.46. The number of fused-ring (bicyclic) bond motifs is 1. The first-order chi connectivity index (χ1) is 6.29. The molecular weight excluding hydrogens is 178 g/mol. The van der Waals surface area contributed by atoms with Crippen molar-refractivity contribution in [3.8, 4) is 0 Å². The van der Waals surface area contributed by atoms with Crippen LogP contribution in [0.5, 0.6) is 0 Å². The summed E-state index contributed by atoms with van der Waals surface area (Å²) in [5.74, 6) is 0.534. The molecule has 0 spiro atoms. The summed E-state index contributed by atoms with van der Waals surface area (Å²) < 4.78 is 0. The maximum atomic E-state index is 4.54. The van der Waals surface area contributed by atoms with Crippen LogP contribution in [0.1, 0.15) is 29.4 Å². The van der Waals surface area contributed by atoms with E-state index in [4.69, 9.17) is 0 Å². The Balaban J connectivity index is 2.42. The summed E-state index contributed by atoms with van der Waals surface area (Å²) in [4.78, 5) is 5.85. The number of thiazole rings is 1. The fourth-order valence-electron chi connectivity index (χ4n) is 1.33. The Kier molecular flexibility index (Phi) is 2.32. The van der Waals surface area contributed by atoms with Crippen molar-refractivity contribution < 1.29 is 0 Å². The van der Waals surface area contributed by atoms with Gasteiger partial charge in [0.05, 0.1) is 15.6 Å². The molecule has 0 bridgehead atoms. The van der Waals surface area contributed by atoms with Crippen molar-refractivity contribution in [2.45, 2.75) is 20.3 Å². The molecule has 1 nitrogen and oxygen atoms in total. The van der Waals surface area contributed by atoms with E-state index in [9.17, 15) is 0 Å². The zero-order valence-corrected chi connectivity index (χ0v) is 8.77. The van der Waals surface area contributed by atoms with Crippen molar-refractivity contribution in [1.29, 1.82) is 0 Å². The van der Waals surface area contributed by atoms with Crippen LogP contribution in [0, 0.1) is 5.92 Å². The molecule has 0 amide bonds. The van der Waals surface area contributed by atoms with Crippen molar-refractivity contribution in [3.63, 3.8) is 0 Å². The summed E-state index contributed by atoms with van der Waals surface area (Å²) in [6, 6.07) is 0. The van der Waals surface area contributed by atoms with Crippen molar-refractivity contribution in [1.82, 2.24) is 4.98 Å². The molecule has 2 heteroatoms. The van der Waals surface area contributed by atoms with Gasteiger partial charge in [-0.05, 0) is 24.5 Å². The summed E-state index contributed by atoms with van der Waals surface area (Å²) in [5, 5.41) is 1.23. The van der Waals surface area contributed by atoms with Gasteiger partial charge in [0, 0.05) is 0 Å². The van der Waals surface area contributed by atoms with Gasteiger partial charge in [-0.15, -0.1) is 11.3 Å². The number of aryl methyl sites for hydroxylation is 1. The Morgan fingerprint density at radius 1 is 1.38 bits per heavy atom. The van der Waals surface area contributed by atoms with Crippen LogP contribution in [0.3, 0.4) is 0 Å². The van der Waals surface area contributed by atoms with Crippen molar-refractivity contribution >= 4 is 23.5 Å². The third kappa shape index (κ3) is 1.73. The van der Waals surface area contributed by atoms with Gasteiger partial charge in [0.2, 0.25) is 0 Å². The zero-order valence-electron chi connectivity index (χ0n) is 7.95. The number of nitrogens with zero attached hydrogens (tertiary/aromatic N) is 1. The minimum atomic E-state index is 0.534. The number of aromatic nitrogens is 1. The van der Waals surface area contributed by atoms with Gasteiger partial charge in [-0.25, -0.2) is 4.98 Å². The SMILES string of the molecule is CCc1nc2c(s1)C=CC(C)C=C2. The molecule has 1 aromatic rings. The largest absolute Gasteiger partial charge is 0.241 e. The Hall–Kier alpha value is -0.890. The molecule has 13 heavy (non-hydrogen) atoms. The zero-order chi connectivity index (χ0) is 9.26. The highest BCUT2D eigenvalue weighted by Crippen LogP contribution is 2.25. The average molecular weight is 191 g/mol. The molecule has 1 aliphatic carbocycles. The summed E-state index contributed by atoms with van der Waals surface area (Å²) in [6.45, 7) is 4.33. The quantitative estimate of drug-likeness (QED) is 0.663. The number of rotatable bonds is 1. The molecular formula is C11H13NS. The lowest BCUT2D eigenvalue weighted by atomic mass is 10.2. The topological polar surface area (TPSA) is 12.9 Å². The highest BCUT2D eigenvalue weighted by molar-refractivity contribution is 7.12. The predicted octanol–water partition coefficient (Wildman–Crippen LogP) is 3.38. The standard InChI is InChI=1S/C11H13NS/c1-3-11-12-9-6-4-8(2)5-7-10(9)13-11/h4-8H,3H2,1-2H3. The van der Waals surface area contributed by atoms with Crippen LogP contribution in [0.15, 0.2) is 12.2 Å².